The van der Waals surface area contributed by atoms with Crippen molar-refractivity contribution < 1.29 is 4.79 Å². The molecule has 0 aromatic heterocycles. The second-order valence-electron chi connectivity index (χ2n) is 6.38. The maximum absolute atomic E-state index is 11.9. The van der Waals surface area contributed by atoms with E-state index in [0.717, 1.165) is 5.69 Å². The number of anilines is 1. The van der Waals surface area contributed by atoms with E-state index < -0.39 is 0 Å². The van der Waals surface area contributed by atoms with Gasteiger partial charge in [0.05, 0.1) is 6.54 Å². The highest BCUT2D eigenvalue weighted by atomic mass is 16.2. The molecule has 1 rings (SSSR count). The lowest BCUT2D eigenvalue weighted by molar-refractivity contribution is -0.117. The smallest absolute Gasteiger partial charge is 0.238 e. The Bertz CT molecular complexity index is 415. The Morgan fingerprint density at radius 3 is 2.16 bits per heavy atom. The van der Waals surface area contributed by atoms with E-state index in [2.05, 4.69) is 52.1 Å². The molecule has 1 aromatic rings. The summed E-state index contributed by atoms with van der Waals surface area (Å²) >= 11 is 0. The maximum Gasteiger partial charge on any atom is 0.238 e. The summed E-state index contributed by atoms with van der Waals surface area (Å²) in [4.78, 5) is 13.9. The third-order valence-electron chi connectivity index (χ3n) is 3.31. The number of carbonyl (C=O) groups is 1. The summed E-state index contributed by atoms with van der Waals surface area (Å²) in [6, 6.07) is 8.44. The van der Waals surface area contributed by atoms with Crippen LogP contribution < -0.4 is 5.32 Å². The van der Waals surface area contributed by atoms with Crippen LogP contribution in [0.4, 0.5) is 5.69 Å². The van der Waals surface area contributed by atoms with Crippen LogP contribution >= 0.6 is 0 Å². The van der Waals surface area contributed by atoms with E-state index in [9.17, 15) is 4.79 Å². The molecule has 0 aliphatic rings. The minimum Gasteiger partial charge on any atom is -0.325 e. The highest BCUT2D eigenvalue weighted by Gasteiger charge is 2.13. The maximum atomic E-state index is 11.9. The molecule has 0 saturated heterocycles. The summed E-state index contributed by atoms with van der Waals surface area (Å²) in [5.41, 5.74) is 2.26. The molecule has 1 aromatic carbocycles. The lowest BCUT2D eigenvalue weighted by Gasteiger charge is -2.21. The molecular weight excluding hydrogens is 236 g/mol. The van der Waals surface area contributed by atoms with Crippen molar-refractivity contribution in [3.63, 3.8) is 0 Å². The molecule has 3 heteroatoms. The Morgan fingerprint density at radius 2 is 1.74 bits per heavy atom. The molecular formula is C16H26N2O. The van der Waals surface area contributed by atoms with Gasteiger partial charge in [0.15, 0.2) is 0 Å². The van der Waals surface area contributed by atoms with E-state index in [1.165, 1.54) is 5.56 Å². The first-order chi connectivity index (χ1) is 8.70. The predicted octanol–water partition coefficient (Wildman–Crippen LogP) is 3.26. The first kappa shape index (κ1) is 15.7. The summed E-state index contributed by atoms with van der Waals surface area (Å²) in [6.45, 7) is 11.1. The molecule has 0 heterocycles. The molecule has 3 nitrogen and oxygen atoms in total. The van der Waals surface area contributed by atoms with Crippen molar-refractivity contribution in [3.8, 4) is 0 Å². The largest absolute Gasteiger partial charge is 0.325 e. The average Bonchev–Trinajstić information content (AvgIpc) is 2.28. The zero-order valence-electron chi connectivity index (χ0n) is 12.9. The van der Waals surface area contributed by atoms with Gasteiger partial charge in [-0.15, -0.1) is 0 Å². The first-order valence-electron chi connectivity index (χ1n) is 6.81. The third-order valence-corrected chi connectivity index (χ3v) is 3.31. The molecule has 1 N–H and O–H groups in total. The summed E-state index contributed by atoms with van der Waals surface area (Å²) in [5, 5.41) is 2.93. The number of rotatable bonds is 4. The molecule has 0 bridgehead atoms. The minimum atomic E-state index is 0.0275. The van der Waals surface area contributed by atoms with Crippen LogP contribution in [-0.4, -0.2) is 30.4 Å². The Labute approximate surface area is 117 Å². The van der Waals surface area contributed by atoms with Gasteiger partial charge in [0.25, 0.3) is 0 Å². The van der Waals surface area contributed by atoms with Gasteiger partial charge in [0.1, 0.15) is 0 Å². The number of benzene rings is 1. The van der Waals surface area contributed by atoms with Crippen LogP contribution in [-0.2, 0) is 10.2 Å². The van der Waals surface area contributed by atoms with E-state index >= 15 is 0 Å². The highest BCUT2D eigenvalue weighted by Crippen LogP contribution is 2.23. The van der Waals surface area contributed by atoms with Crippen molar-refractivity contribution in [1.82, 2.24) is 4.90 Å². The summed E-state index contributed by atoms with van der Waals surface area (Å²) in [6.07, 6.45) is 0. The molecule has 0 unspecified atom stereocenters. The fraction of sp³-hybridized carbons (Fsp3) is 0.562. The Balaban J connectivity index is 2.61. The highest BCUT2D eigenvalue weighted by molar-refractivity contribution is 5.92. The molecule has 1 amide bonds. The van der Waals surface area contributed by atoms with Crippen LogP contribution in [0.1, 0.15) is 40.2 Å². The van der Waals surface area contributed by atoms with Gasteiger partial charge in [-0.05, 0) is 44.0 Å². The van der Waals surface area contributed by atoms with Gasteiger partial charge in [0, 0.05) is 11.7 Å². The van der Waals surface area contributed by atoms with E-state index in [1.807, 2.05) is 24.1 Å². The van der Waals surface area contributed by atoms with Crippen LogP contribution in [0.2, 0.25) is 0 Å². The fourth-order valence-electron chi connectivity index (χ4n) is 1.66. The number of nitrogens with one attached hydrogen (secondary N) is 1. The third kappa shape index (κ3) is 5.03. The molecule has 0 fully saturated rings. The van der Waals surface area contributed by atoms with Crippen LogP contribution in [0.15, 0.2) is 24.3 Å². The van der Waals surface area contributed by atoms with Crippen LogP contribution in [0.25, 0.3) is 0 Å². The Kier molecular flexibility index (Phi) is 5.12. The average molecular weight is 262 g/mol. The quantitative estimate of drug-likeness (QED) is 0.903. The van der Waals surface area contributed by atoms with E-state index in [0.29, 0.717) is 12.6 Å². The number of carbonyl (C=O) groups excluding carboxylic acids is 1. The van der Waals surface area contributed by atoms with E-state index in [-0.39, 0.29) is 11.3 Å². The van der Waals surface area contributed by atoms with Crippen molar-refractivity contribution in [2.75, 3.05) is 18.9 Å². The van der Waals surface area contributed by atoms with Crippen molar-refractivity contribution in [1.29, 1.82) is 0 Å². The molecule has 0 spiro atoms. The van der Waals surface area contributed by atoms with Gasteiger partial charge in [-0.25, -0.2) is 0 Å². The number of hydrogen-bond acceptors (Lipinski definition) is 2. The van der Waals surface area contributed by atoms with Crippen molar-refractivity contribution in [2.45, 2.75) is 46.1 Å². The Hall–Kier alpha value is -1.35. The molecule has 0 aliphatic heterocycles. The standard InChI is InChI=1S/C16H26N2O/c1-12(2)18(6)11-15(19)17-14-9-7-13(8-10-14)16(3,4)5/h7-10,12H,11H2,1-6H3,(H,17,19). The summed E-state index contributed by atoms with van der Waals surface area (Å²) in [7, 11) is 1.95. The number of amides is 1. The molecule has 0 radical (unpaired) electrons. The topological polar surface area (TPSA) is 32.3 Å². The molecule has 19 heavy (non-hydrogen) atoms. The van der Waals surface area contributed by atoms with Gasteiger partial charge in [-0.2, -0.15) is 0 Å². The lowest BCUT2D eigenvalue weighted by Crippen LogP contribution is -2.34. The van der Waals surface area contributed by atoms with Gasteiger partial charge in [-0.3, -0.25) is 9.69 Å². The second-order valence-corrected chi connectivity index (χ2v) is 6.38. The number of hydrogen-bond donors (Lipinski definition) is 1. The first-order valence-corrected chi connectivity index (χ1v) is 6.81. The zero-order chi connectivity index (χ0) is 14.6. The van der Waals surface area contributed by atoms with Gasteiger partial charge < -0.3 is 5.32 Å². The lowest BCUT2D eigenvalue weighted by atomic mass is 9.87. The monoisotopic (exact) mass is 262 g/mol. The number of likely N-dealkylation sites (N-methyl/N-ethyl adjacent to an activating group) is 1. The van der Waals surface area contributed by atoms with Crippen molar-refractivity contribution in [3.05, 3.63) is 29.8 Å². The van der Waals surface area contributed by atoms with E-state index in [4.69, 9.17) is 0 Å². The number of nitrogens with zero attached hydrogens (tertiary/aromatic N) is 1. The van der Waals surface area contributed by atoms with Crippen LogP contribution in [0.5, 0.6) is 0 Å². The van der Waals surface area contributed by atoms with Crippen LogP contribution in [0, 0.1) is 0 Å². The van der Waals surface area contributed by atoms with Gasteiger partial charge >= 0.3 is 0 Å². The zero-order valence-corrected chi connectivity index (χ0v) is 12.9. The predicted molar refractivity (Wildman–Crippen MR) is 81.5 cm³/mol. The van der Waals surface area contributed by atoms with E-state index in [1.54, 1.807) is 0 Å². The normalized spacial score (nSPS) is 12.0. The van der Waals surface area contributed by atoms with Crippen molar-refractivity contribution >= 4 is 11.6 Å². The Morgan fingerprint density at radius 1 is 1.21 bits per heavy atom. The minimum absolute atomic E-state index is 0.0275. The summed E-state index contributed by atoms with van der Waals surface area (Å²) in [5.74, 6) is 0.0275. The summed E-state index contributed by atoms with van der Waals surface area (Å²) < 4.78 is 0. The fourth-order valence-corrected chi connectivity index (χ4v) is 1.66. The van der Waals surface area contributed by atoms with Gasteiger partial charge in [0.2, 0.25) is 5.91 Å². The molecule has 106 valence electrons. The van der Waals surface area contributed by atoms with Crippen molar-refractivity contribution in [2.24, 2.45) is 0 Å². The molecule has 0 aliphatic carbocycles. The molecule has 0 saturated carbocycles. The second kappa shape index (κ2) is 6.20. The van der Waals surface area contributed by atoms with Crippen LogP contribution in [0.3, 0.4) is 0 Å². The molecule has 0 atom stereocenters. The van der Waals surface area contributed by atoms with Gasteiger partial charge in [-0.1, -0.05) is 32.9 Å². The SMILES string of the molecule is CC(C)N(C)CC(=O)Nc1ccc(C(C)(C)C)cc1.